The van der Waals surface area contributed by atoms with E-state index in [0.29, 0.717) is 13.0 Å². The maximum Gasteiger partial charge on any atom is 0.180 e. The van der Waals surface area contributed by atoms with Crippen molar-refractivity contribution in [2.75, 3.05) is 20.8 Å². The lowest BCUT2D eigenvalue weighted by molar-refractivity contribution is -0.136. The Balaban J connectivity index is 2.34. The summed E-state index contributed by atoms with van der Waals surface area (Å²) in [6, 6.07) is 0. The SMILES string of the molecule is C=C1CC=CC(C)(O)CCC2C(=CC=CC(C)(C)OC)C(OC)OCC12. The minimum absolute atomic E-state index is 0.232. The number of methoxy groups -OCH3 is 2. The Kier molecular flexibility index (Phi) is 7.03. The average Bonchev–Trinajstić information content (AvgIpc) is 2.64. The molecule has 146 valence electrons. The van der Waals surface area contributed by atoms with Gasteiger partial charge in [-0.05, 0) is 51.5 Å². The third-order valence-corrected chi connectivity index (χ3v) is 5.48. The Morgan fingerprint density at radius 3 is 2.73 bits per heavy atom. The molecular weight excluding hydrogens is 328 g/mol. The predicted octanol–water partition coefficient (Wildman–Crippen LogP) is 4.18. The van der Waals surface area contributed by atoms with Crippen LogP contribution < -0.4 is 0 Å². The third-order valence-electron chi connectivity index (χ3n) is 5.48. The molecule has 0 aromatic heterocycles. The fourth-order valence-electron chi connectivity index (χ4n) is 3.59. The normalized spacial score (nSPS) is 35.2. The third kappa shape index (κ3) is 5.40. The highest BCUT2D eigenvalue weighted by Crippen LogP contribution is 2.41. The van der Waals surface area contributed by atoms with E-state index in [4.69, 9.17) is 14.2 Å². The molecule has 0 amide bonds. The zero-order valence-corrected chi connectivity index (χ0v) is 16.8. The number of ether oxygens (including phenoxy) is 3. The quantitative estimate of drug-likeness (QED) is 0.762. The molecule has 1 heterocycles. The van der Waals surface area contributed by atoms with Gasteiger partial charge in [-0.25, -0.2) is 0 Å². The molecule has 1 fully saturated rings. The first kappa shape index (κ1) is 21.1. The molecule has 1 aliphatic carbocycles. The van der Waals surface area contributed by atoms with Crippen molar-refractivity contribution in [1.82, 2.24) is 0 Å². The average molecular weight is 363 g/mol. The first-order chi connectivity index (χ1) is 12.2. The van der Waals surface area contributed by atoms with Crippen LogP contribution in [0.4, 0.5) is 0 Å². The lowest BCUT2D eigenvalue weighted by Gasteiger charge is -2.39. The van der Waals surface area contributed by atoms with Crippen molar-refractivity contribution in [1.29, 1.82) is 0 Å². The summed E-state index contributed by atoms with van der Waals surface area (Å²) < 4.78 is 17.0. The topological polar surface area (TPSA) is 47.9 Å². The molecule has 4 atom stereocenters. The second kappa shape index (κ2) is 8.66. The molecule has 0 radical (unpaired) electrons. The van der Waals surface area contributed by atoms with Crippen LogP contribution in [-0.2, 0) is 14.2 Å². The maximum atomic E-state index is 10.6. The van der Waals surface area contributed by atoms with Gasteiger partial charge in [-0.2, -0.15) is 0 Å². The van der Waals surface area contributed by atoms with E-state index in [1.165, 1.54) is 0 Å². The number of hydrogen-bond donors (Lipinski definition) is 1. The summed E-state index contributed by atoms with van der Waals surface area (Å²) >= 11 is 0. The Morgan fingerprint density at radius 2 is 2.08 bits per heavy atom. The summed E-state index contributed by atoms with van der Waals surface area (Å²) in [6.07, 6.45) is 12.0. The van der Waals surface area contributed by atoms with Crippen LogP contribution in [0.25, 0.3) is 0 Å². The lowest BCUT2D eigenvalue weighted by atomic mass is 9.75. The van der Waals surface area contributed by atoms with Gasteiger partial charge in [0.15, 0.2) is 6.29 Å². The maximum absolute atomic E-state index is 10.6. The molecule has 0 saturated carbocycles. The molecule has 1 saturated heterocycles. The molecule has 1 N–H and O–H groups in total. The van der Waals surface area contributed by atoms with Crippen molar-refractivity contribution < 1.29 is 19.3 Å². The molecule has 4 nitrogen and oxygen atoms in total. The highest BCUT2D eigenvalue weighted by molar-refractivity contribution is 5.26. The zero-order chi connectivity index (χ0) is 19.4. The minimum atomic E-state index is -0.797. The van der Waals surface area contributed by atoms with Crippen LogP contribution in [0.5, 0.6) is 0 Å². The molecule has 0 aromatic carbocycles. The van der Waals surface area contributed by atoms with E-state index in [2.05, 4.69) is 12.7 Å². The Hall–Kier alpha value is -1.20. The van der Waals surface area contributed by atoms with Crippen LogP contribution in [0.3, 0.4) is 0 Å². The Labute approximate surface area is 158 Å². The summed E-state index contributed by atoms with van der Waals surface area (Å²) in [6.45, 7) is 10.8. The molecular formula is C22H34O4. The van der Waals surface area contributed by atoms with Gasteiger partial charge in [0, 0.05) is 20.1 Å². The van der Waals surface area contributed by atoms with Gasteiger partial charge in [-0.15, -0.1) is 0 Å². The summed E-state index contributed by atoms with van der Waals surface area (Å²) in [4.78, 5) is 0. The fourth-order valence-corrected chi connectivity index (χ4v) is 3.59. The fraction of sp³-hybridized carbons (Fsp3) is 0.636. The van der Waals surface area contributed by atoms with Gasteiger partial charge in [-0.1, -0.05) is 42.5 Å². The van der Waals surface area contributed by atoms with Crippen LogP contribution in [-0.4, -0.2) is 43.4 Å². The standard InChI is InChI=1S/C22H34O4/c1-16-9-7-13-22(4,23)14-11-17-18(10-8-12-21(2,3)25-6)20(24-5)26-15-19(16)17/h7-8,10,12-13,17,19-20,23H,1,9,11,14-15H2,2-6H3. The molecule has 0 spiro atoms. The first-order valence-corrected chi connectivity index (χ1v) is 9.36. The van der Waals surface area contributed by atoms with Crippen molar-refractivity contribution in [2.24, 2.45) is 11.8 Å². The van der Waals surface area contributed by atoms with Gasteiger partial charge in [0.2, 0.25) is 0 Å². The molecule has 4 heteroatoms. The van der Waals surface area contributed by atoms with E-state index in [9.17, 15) is 5.11 Å². The number of aliphatic hydroxyl groups is 1. The number of fused-ring (bicyclic) bond motifs is 1. The first-order valence-electron chi connectivity index (χ1n) is 9.36. The molecule has 0 bridgehead atoms. The molecule has 0 aromatic rings. The summed E-state index contributed by atoms with van der Waals surface area (Å²) in [5, 5.41) is 10.6. The predicted molar refractivity (Wildman–Crippen MR) is 105 cm³/mol. The Bertz CT molecular complexity index is 583. The number of hydrogen-bond acceptors (Lipinski definition) is 4. The van der Waals surface area contributed by atoms with E-state index in [-0.39, 0.29) is 23.7 Å². The zero-order valence-electron chi connectivity index (χ0n) is 16.8. The second-order valence-corrected chi connectivity index (χ2v) is 8.11. The molecule has 1 aliphatic heterocycles. The summed E-state index contributed by atoms with van der Waals surface area (Å²) in [7, 11) is 3.37. The molecule has 4 unspecified atom stereocenters. The molecule has 26 heavy (non-hydrogen) atoms. The van der Waals surface area contributed by atoms with E-state index < -0.39 is 5.60 Å². The molecule has 2 aliphatic rings. The van der Waals surface area contributed by atoms with Crippen LogP contribution >= 0.6 is 0 Å². The lowest BCUT2D eigenvalue weighted by Crippen LogP contribution is -2.38. The second-order valence-electron chi connectivity index (χ2n) is 8.11. The monoisotopic (exact) mass is 362 g/mol. The van der Waals surface area contributed by atoms with E-state index in [1.807, 2.05) is 45.1 Å². The van der Waals surface area contributed by atoms with Gasteiger partial charge >= 0.3 is 0 Å². The van der Waals surface area contributed by atoms with Crippen molar-refractivity contribution in [3.8, 4) is 0 Å². The van der Waals surface area contributed by atoms with E-state index in [1.54, 1.807) is 14.2 Å². The number of allylic oxidation sites excluding steroid dienone is 3. The minimum Gasteiger partial charge on any atom is -0.386 e. The van der Waals surface area contributed by atoms with Gasteiger partial charge in [0.25, 0.3) is 0 Å². The molecule has 2 rings (SSSR count). The smallest absolute Gasteiger partial charge is 0.180 e. The van der Waals surface area contributed by atoms with Crippen LogP contribution in [0.1, 0.15) is 40.0 Å². The van der Waals surface area contributed by atoms with Crippen molar-refractivity contribution in [2.45, 2.75) is 57.5 Å². The largest absolute Gasteiger partial charge is 0.386 e. The van der Waals surface area contributed by atoms with Crippen molar-refractivity contribution in [3.63, 3.8) is 0 Å². The summed E-state index contributed by atoms with van der Waals surface area (Å²) in [5.74, 6) is 0.470. The Morgan fingerprint density at radius 1 is 1.35 bits per heavy atom. The van der Waals surface area contributed by atoms with Gasteiger partial charge in [0.1, 0.15) is 0 Å². The van der Waals surface area contributed by atoms with E-state index >= 15 is 0 Å². The van der Waals surface area contributed by atoms with Crippen LogP contribution in [0.2, 0.25) is 0 Å². The van der Waals surface area contributed by atoms with Gasteiger partial charge in [-0.3, -0.25) is 0 Å². The van der Waals surface area contributed by atoms with Gasteiger partial charge in [0.05, 0.1) is 17.8 Å². The van der Waals surface area contributed by atoms with Crippen LogP contribution in [0, 0.1) is 11.8 Å². The van der Waals surface area contributed by atoms with Gasteiger partial charge < -0.3 is 19.3 Å². The van der Waals surface area contributed by atoms with Crippen molar-refractivity contribution in [3.05, 3.63) is 48.1 Å². The van der Waals surface area contributed by atoms with E-state index in [0.717, 1.165) is 24.0 Å². The highest BCUT2D eigenvalue weighted by atomic mass is 16.7. The number of rotatable bonds is 4. The van der Waals surface area contributed by atoms with Crippen molar-refractivity contribution >= 4 is 0 Å². The van der Waals surface area contributed by atoms with Crippen LogP contribution in [0.15, 0.2) is 48.1 Å². The highest BCUT2D eigenvalue weighted by Gasteiger charge is 2.38. The summed E-state index contributed by atoms with van der Waals surface area (Å²) in [5.41, 5.74) is 1.12.